The molecule has 2 aliphatic rings. The summed E-state index contributed by atoms with van der Waals surface area (Å²) in [5, 5.41) is 7.12. The zero-order valence-electron chi connectivity index (χ0n) is 16.8. The molecule has 1 aromatic carbocycles. The van der Waals surface area contributed by atoms with E-state index in [0.29, 0.717) is 12.3 Å². The van der Waals surface area contributed by atoms with Crippen molar-refractivity contribution in [2.24, 2.45) is 11.3 Å². The number of carboxylic acids is 1. The summed E-state index contributed by atoms with van der Waals surface area (Å²) in [5.41, 5.74) is 2.66. The summed E-state index contributed by atoms with van der Waals surface area (Å²) in [6, 6.07) is 8.75. The molecule has 0 unspecified atom stereocenters. The van der Waals surface area contributed by atoms with Gasteiger partial charge in [0.05, 0.1) is 13.2 Å². The van der Waals surface area contributed by atoms with Crippen molar-refractivity contribution in [1.29, 1.82) is 0 Å². The van der Waals surface area contributed by atoms with Gasteiger partial charge < -0.3 is 14.7 Å². The van der Waals surface area contributed by atoms with Crippen LogP contribution in [-0.2, 0) is 20.9 Å². The first-order chi connectivity index (χ1) is 13.4. The fraction of sp³-hybridized carbons (Fsp3) is 0.600. The van der Waals surface area contributed by atoms with Crippen LogP contribution in [0.15, 0.2) is 24.3 Å². The van der Waals surface area contributed by atoms with Gasteiger partial charge in [0.25, 0.3) is 0 Å². The molecule has 1 aromatic rings. The number of hydrogen-bond acceptors (Lipinski definition) is 4. The third kappa shape index (κ3) is 6.17. The molecule has 29 heavy (non-hydrogen) atoms. The van der Waals surface area contributed by atoms with E-state index in [-0.39, 0.29) is 11.3 Å². The highest BCUT2D eigenvalue weighted by Crippen LogP contribution is 2.44. The maximum atomic E-state index is 12.2. The summed E-state index contributed by atoms with van der Waals surface area (Å²) in [6.07, 6.45) is -4.48. The number of amides is 1. The number of alkyl halides is 3. The van der Waals surface area contributed by atoms with Gasteiger partial charge in [-0.3, -0.25) is 9.69 Å². The van der Waals surface area contributed by atoms with Crippen LogP contribution in [0.2, 0.25) is 0 Å². The highest BCUT2D eigenvalue weighted by molar-refractivity contribution is 5.76. The molecule has 162 valence electrons. The Bertz CT molecular complexity index is 721. The molecule has 1 N–H and O–H groups in total. The average molecular weight is 416 g/mol. The fourth-order valence-corrected chi connectivity index (χ4v) is 3.72. The van der Waals surface area contributed by atoms with Crippen LogP contribution in [0.1, 0.15) is 17.5 Å². The summed E-state index contributed by atoms with van der Waals surface area (Å²) in [4.78, 5) is 25.3. The van der Waals surface area contributed by atoms with Crippen molar-refractivity contribution in [2.75, 3.05) is 40.4 Å². The van der Waals surface area contributed by atoms with Crippen molar-refractivity contribution in [3.05, 3.63) is 35.4 Å². The molecule has 0 bridgehead atoms. The molecule has 2 saturated heterocycles. The van der Waals surface area contributed by atoms with Crippen LogP contribution in [0.5, 0.6) is 0 Å². The number of hydrogen-bond donors (Lipinski definition) is 1. The Hall–Kier alpha value is -2.13. The smallest absolute Gasteiger partial charge is 0.475 e. The predicted molar refractivity (Wildman–Crippen MR) is 100 cm³/mol. The van der Waals surface area contributed by atoms with Gasteiger partial charge in [-0.25, -0.2) is 4.79 Å². The van der Waals surface area contributed by atoms with Gasteiger partial charge in [-0.1, -0.05) is 29.8 Å². The Kier molecular flexibility index (Phi) is 7.29. The van der Waals surface area contributed by atoms with Gasteiger partial charge in [0.15, 0.2) is 0 Å². The lowest BCUT2D eigenvalue weighted by Gasteiger charge is -2.28. The molecule has 2 atom stereocenters. The number of benzene rings is 1. The number of fused-ring (bicyclic) bond motifs is 1. The first-order valence-electron chi connectivity index (χ1n) is 9.29. The van der Waals surface area contributed by atoms with Crippen molar-refractivity contribution in [3.63, 3.8) is 0 Å². The number of likely N-dealkylation sites (tertiary alicyclic amines) is 1. The second-order valence-corrected chi connectivity index (χ2v) is 8.00. The van der Waals surface area contributed by atoms with E-state index in [1.54, 1.807) is 4.90 Å². The SMILES string of the molecule is Cc1ccc(CN2C[C@@H]3COC[C@]3(CC(=O)N(C)C)C2)cc1.O=C(O)C(F)(F)F. The first-order valence-corrected chi connectivity index (χ1v) is 9.29. The average Bonchev–Trinajstić information content (AvgIpc) is 3.12. The zero-order valence-corrected chi connectivity index (χ0v) is 16.8. The normalized spacial score (nSPS) is 23.9. The fourth-order valence-electron chi connectivity index (χ4n) is 3.72. The minimum Gasteiger partial charge on any atom is -0.475 e. The Morgan fingerprint density at radius 1 is 1.28 bits per heavy atom. The molecule has 0 spiro atoms. The van der Waals surface area contributed by atoms with E-state index < -0.39 is 12.1 Å². The van der Waals surface area contributed by atoms with Crippen molar-refractivity contribution in [3.8, 4) is 0 Å². The largest absolute Gasteiger partial charge is 0.490 e. The third-order valence-electron chi connectivity index (χ3n) is 5.36. The first kappa shape index (κ1) is 23.2. The lowest BCUT2D eigenvalue weighted by Crippen LogP contribution is -2.37. The third-order valence-corrected chi connectivity index (χ3v) is 5.36. The zero-order chi connectivity index (χ0) is 21.8. The summed E-state index contributed by atoms with van der Waals surface area (Å²) >= 11 is 0. The molecule has 9 heteroatoms. The van der Waals surface area contributed by atoms with E-state index in [9.17, 15) is 18.0 Å². The molecule has 0 aliphatic carbocycles. The van der Waals surface area contributed by atoms with Crippen LogP contribution in [0.3, 0.4) is 0 Å². The molecular formula is C20H27F3N2O4. The van der Waals surface area contributed by atoms with Gasteiger partial charge in [0.2, 0.25) is 5.91 Å². The summed E-state index contributed by atoms with van der Waals surface area (Å²) in [6.45, 7) is 6.60. The van der Waals surface area contributed by atoms with Crippen LogP contribution >= 0.6 is 0 Å². The van der Waals surface area contributed by atoms with Gasteiger partial charge in [-0.15, -0.1) is 0 Å². The van der Waals surface area contributed by atoms with Crippen molar-refractivity contribution < 1.29 is 32.6 Å². The molecule has 0 radical (unpaired) electrons. The van der Waals surface area contributed by atoms with E-state index in [2.05, 4.69) is 36.1 Å². The predicted octanol–water partition coefficient (Wildman–Crippen LogP) is 2.56. The Morgan fingerprint density at radius 2 is 1.86 bits per heavy atom. The summed E-state index contributed by atoms with van der Waals surface area (Å²) in [5.74, 6) is -2.05. The van der Waals surface area contributed by atoms with Gasteiger partial charge in [0, 0.05) is 51.5 Å². The highest BCUT2D eigenvalue weighted by Gasteiger charge is 2.51. The van der Waals surface area contributed by atoms with Gasteiger partial charge in [-0.2, -0.15) is 13.2 Å². The van der Waals surface area contributed by atoms with Crippen LogP contribution in [0, 0.1) is 18.3 Å². The summed E-state index contributed by atoms with van der Waals surface area (Å²) < 4.78 is 37.4. The molecule has 1 amide bonds. The second kappa shape index (κ2) is 9.13. The lowest BCUT2D eigenvalue weighted by molar-refractivity contribution is -0.192. The van der Waals surface area contributed by atoms with E-state index in [4.69, 9.17) is 14.6 Å². The van der Waals surface area contributed by atoms with E-state index in [1.165, 1.54) is 11.1 Å². The molecule has 2 fully saturated rings. The lowest BCUT2D eigenvalue weighted by atomic mass is 9.78. The number of nitrogens with zero attached hydrogens (tertiary/aromatic N) is 2. The number of aryl methyl sites for hydroxylation is 1. The van der Waals surface area contributed by atoms with Crippen molar-refractivity contribution in [1.82, 2.24) is 9.80 Å². The van der Waals surface area contributed by atoms with Crippen molar-refractivity contribution >= 4 is 11.9 Å². The monoisotopic (exact) mass is 416 g/mol. The molecule has 0 saturated carbocycles. The number of ether oxygens (including phenoxy) is 1. The quantitative estimate of drug-likeness (QED) is 0.817. The molecule has 3 rings (SSSR count). The standard InChI is InChI=1S/C18H26N2O2.C2HF3O2/c1-14-4-6-15(7-5-14)9-20-10-16-11-22-13-18(16,12-20)8-17(21)19(2)3;3-2(4,5)1(6)7/h4-7,16H,8-13H2,1-3H3;(H,6,7)/t16-,18+;/m1./s1. The topological polar surface area (TPSA) is 70.1 Å². The van der Waals surface area contributed by atoms with Gasteiger partial charge in [-0.05, 0) is 12.5 Å². The van der Waals surface area contributed by atoms with E-state index >= 15 is 0 Å². The molecule has 0 aromatic heterocycles. The molecular weight excluding hydrogens is 389 g/mol. The summed E-state index contributed by atoms with van der Waals surface area (Å²) in [7, 11) is 3.67. The number of carboxylic acid groups (broad SMARTS) is 1. The Morgan fingerprint density at radius 3 is 2.38 bits per heavy atom. The number of aliphatic carboxylic acids is 1. The maximum Gasteiger partial charge on any atom is 0.490 e. The number of halogens is 3. The maximum absolute atomic E-state index is 12.2. The number of carbonyl (C=O) groups is 2. The minimum absolute atomic E-state index is 0.0199. The molecule has 2 heterocycles. The van der Waals surface area contributed by atoms with Crippen LogP contribution in [-0.4, -0.2) is 73.4 Å². The van der Waals surface area contributed by atoms with Crippen LogP contribution < -0.4 is 0 Å². The van der Waals surface area contributed by atoms with Crippen LogP contribution in [0.25, 0.3) is 0 Å². The van der Waals surface area contributed by atoms with E-state index in [1.807, 2.05) is 14.1 Å². The number of carbonyl (C=O) groups excluding carboxylic acids is 1. The van der Waals surface area contributed by atoms with Gasteiger partial charge >= 0.3 is 12.1 Å². The Balaban J connectivity index is 0.000000370. The van der Waals surface area contributed by atoms with Gasteiger partial charge in [0.1, 0.15) is 0 Å². The van der Waals surface area contributed by atoms with Crippen LogP contribution in [0.4, 0.5) is 13.2 Å². The van der Waals surface area contributed by atoms with E-state index in [0.717, 1.165) is 32.8 Å². The minimum atomic E-state index is -5.08. The number of rotatable bonds is 4. The Labute approximate surface area is 168 Å². The molecule has 6 nitrogen and oxygen atoms in total. The second-order valence-electron chi connectivity index (χ2n) is 8.00. The van der Waals surface area contributed by atoms with Crippen molar-refractivity contribution in [2.45, 2.75) is 26.1 Å². The molecule has 2 aliphatic heterocycles. The highest BCUT2D eigenvalue weighted by atomic mass is 19.4.